The normalized spacial score (nSPS) is 18.6. The molecular formula is C29H36FN3O5. The first-order valence-electron chi connectivity index (χ1n) is 13.3. The van der Waals surface area contributed by atoms with Gasteiger partial charge in [-0.3, -0.25) is 0 Å². The number of urea groups is 1. The van der Waals surface area contributed by atoms with Crippen LogP contribution in [0.5, 0.6) is 5.75 Å². The summed E-state index contributed by atoms with van der Waals surface area (Å²) in [5.41, 5.74) is 2.45. The molecule has 5 rings (SSSR count). The molecule has 2 aromatic carbocycles. The van der Waals surface area contributed by atoms with Gasteiger partial charge < -0.3 is 29.3 Å². The largest absolute Gasteiger partial charge is 0.487 e. The molecule has 1 N–H and O–H groups in total. The summed E-state index contributed by atoms with van der Waals surface area (Å²) in [5, 5.41) is 2.67. The van der Waals surface area contributed by atoms with Crippen molar-refractivity contribution in [1.29, 1.82) is 0 Å². The van der Waals surface area contributed by atoms with Crippen LogP contribution in [0.25, 0.3) is 11.1 Å². The van der Waals surface area contributed by atoms with E-state index < -0.39 is 5.82 Å². The number of piperidine rings is 1. The Kier molecular flexibility index (Phi) is 7.22. The number of anilines is 1. The summed E-state index contributed by atoms with van der Waals surface area (Å²) < 4.78 is 32.1. The lowest BCUT2D eigenvalue weighted by atomic mass is 9.86. The van der Waals surface area contributed by atoms with Gasteiger partial charge in [0.05, 0.1) is 25.5 Å². The third kappa shape index (κ3) is 5.88. The SMILES string of the molecule is CC(C)(C)COC(=O)N1CCC2(CC1)Cc1cc(-c3ccc(NC(=O)N4CCOCC4)c(F)c3)ccc1O2. The molecule has 3 aliphatic heterocycles. The molecule has 38 heavy (non-hydrogen) atoms. The molecule has 0 bridgehead atoms. The molecule has 2 fully saturated rings. The number of rotatable bonds is 3. The molecule has 0 aliphatic carbocycles. The van der Waals surface area contributed by atoms with Gasteiger partial charge >= 0.3 is 12.1 Å². The zero-order chi connectivity index (χ0) is 26.9. The van der Waals surface area contributed by atoms with Crippen LogP contribution in [0.3, 0.4) is 0 Å². The van der Waals surface area contributed by atoms with Crippen LogP contribution in [0.4, 0.5) is 19.7 Å². The maximum Gasteiger partial charge on any atom is 0.409 e. The van der Waals surface area contributed by atoms with Gasteiger partial charge in [-0.25, -0.2) is 14.0 Å². The summed E-state index contributed by atoms with van der Waals surface area (Å²) >= 11 is 0. The Labute approximate surface area is 223 Å². The van der Waals surface area contributed by atoms with E-state index in [1.807, 2.05) is 39.0 Å². The molecule has 9 heteroatoms. The van der Waals surface area contributed by atoms with E-state index in [0.29, 0.717) is 46.0 Å². The Morgan fingerprint density at radius 2 is 1.68 bits per heavy atom. The van der Waals surface area contributed by atoms with E-state index in [9.17, 15) is 14.0 Å². The van der Waals surface area contributed by atoms with E-state index in [1.54, 1.807) is 15.9 Å². The number of nitrogens with one attached hydrogen (secondary N) is 1. The summed E-state index contributed by atoms with van der Waals surface area (Å²) in [4.78, 5) is 28.3. The number of halogens is 1. The topological polar surface area (TPSA) is 80.3 Å². The Hall–Kier alpha value is -3.33. The fraction of sp³-hybridized carbons (Fsp3) is 0.517. The Morgan fingerprint density at radius 1 is 1.00 bits per heavy atom. The number of hydrogen-bond acceptors (Lipinski definition) is 5. The van der Waals surface area contributed by atoms with E-state index in [4.69, 9.17) is 14.2 Å². The molecular weight excluding hydrogens is 489 g/mol. The number of nitrogens with zero attached hydrogens (tertiary/aromatic N) is 2. The Bertz CT molecular complexity index is 1200. The van der Waals surface area contributed by atoms with Crippen molar-refractivity contribution in [3.05, 3.63) is 47.8 Å². The molecule has 0 aromatic heterocycles. The van der Waals surface area contributed by atoms with Gasteiger partial charge in [-0.1, -0.05) is 32.9 Å². The molecule has 204 valence electrons. The highest BCUT2D eigenvalue weighted by Gasteiger charge is 2.43. The number of carbonyl (C=O) groups is 2. The van der Waals surface area contributed by atoms with Crippen molar-refractivity contribution in [3.63, 3.8) is 0 Å². The van der Waals surface area contributed by atoms with E-state index >= 15 is 0 Å². The van der Waals surface area contributed by atoms with Crippen LogP contribution in [-0.2, 0) is 15.9 Å². The first-order valence-corrected chi connectivity index (χ1v) is 13.3. The second-order valence-corrected chi connectivity index (χ2v) is 11.6. The van der Waals surface area contributed by atoms with Crippen molar-refractivity contribution < 1.29 is 28.2 Å². The van der Waals surface area contributed by atoms with Gasteiger partial charge in [-0.05, 0) is 46.4 Å². The quantitative estimate of drug-likeness (QED) is 0.588. The second-order valence-electron chi connectivity index (χ2n) is 11.6. The maximum absolute atomic E-state index is 14.9. The highest BCUT2D eigenvalue weighted by atomic mass is 19.1. The number of likely N-dealkylation sites (tertiary alicyclic amines) is 1. The third-order valence-electron chi connectivity index (χ3n) is 7.30. The van der Waals surface area contributed by atoms with Crippen LogP contribution in [0.1, 0.15) is 39.2 Å². The van der Waals surface area contributed by atoms with Crippen molar-refractivity contribution in [3.8, 4) is 16.9 Å². The first-order chi connectivity index (χ1) is 18.1. The molecule has 0 saturated carbocycles. The second kappa shape index (κ2) is 10.4. The average Bonchev–Trinajstić information content (AvgIpc) is 3.25. The number of fused-ring (bicyclic) bond motifs is 1. The lowest BCUT2D eigenvalue weighted by molar-refractivity contribution is 0.00956. The number of carbonyl (C=O) groups excluding carboxylic acids is 2. The molecule has 3 amide bonds. The van der Waals surface area contributed by atoms with Gasteiger partial charge in [-0.15, -0.1) is 0 Å². The van der Waals surface area contributed by atoms with Crippen LogP contribution in [0, 0.1) is 11.2 Å². The zero-order valence-corrected chi connectivity index (χ0v) is 22.3. The molecule has 8 nitrogen and oxygen atoms in total. The van der Waals surface area contributed by atoms with Crippen molar-refractivity contribution in [2.75, 3.05) is 51.3 Å². The van der Waals surface area contributed by atoms with E-state index in [-0.39, 0.29) is 28.8 Å². The van der Waals surface area contributed by atoms with E-state index in [1.165, 1.54) is 6.07 Å². The predicted octanol–water partition coefficient (Wildman–Crippen LogP) is 5.31. The fourth-order valence-electron chi connectivity index (χ4n) is 5.12. The third-order valence-corrected chi connectivity index (χ3v) is 7.30. The van der Waals surface area contributed by atoms with Crippen molar-refractivity contribution in [2.24, 2.45) is 5.41 Å². The Morgan fingerprint density at radius 3 is 2.37 bits per heavy atom. The Balaban J connectivity index is 1.21. The smallest absolute Gasteiger partial charge is 0.409 e. The van der Waals surface area contributed by atoms with Crippen molar-refractivity contribution >= 4 is 17.8 Å². The maximum atomic E-state index is 14.9. The predicted molar refractivity (Wildman–Crippen MR) is 142 cm³/mol. The van der Waals surface area contributed by atoms with Gasteiger partial charge in [0.1, 0.15) is 17.2 Å². The highest BCUT2D eigenvalue weighted by Crippen LogP contribution is 2.43. The van der Waals surface area contributed by atoms with Gasteiger partial charge in [0.25, 0.3) is 0 Å². The number of hydrogen-bond donors (Lipinski definition) is 1. The monoisotopic (exact) mass is 525 g/mol. The molecule has 3 aliphatic rings. The van der Waals surface area contributed by atoms with E-state index in [0.717, 1.165) is 41.7 Å². The summed E-state index contributed by atoms with van der Waals surface area (Å²) in [6, 6.07) is 10.5. The lowest BCUT2D eigenvalue weighted by Crippen LogP contribution is -2.49. The lowest BCUT2D eigenvalue weighted by Gasteiger charge is -2.38. The van der Waals surface area contributed by atoms with Gasteiger partial charge in [0.15, 0.2) is 0 Å². The standard InChI is InChI=1S/C29H36FN3O5/c1-28(2,3)19-37-27(35)33-10-8-29(9-11-33)18-22-16-20(5-7-25(22)38-29)21-4-6-24(23(30)17-21)31-26(34)32-12-14-36-15-13-32/h4-7,16-17H,8-15,18-19H2,1-3H3,(H,31,34). The molecule has 0 unspecified atom stereocenters. The molecule has 3 heterocycles. The van der Waals surface area contributed by atoms with Gasteiger partial charge in [0.2, 0.25) is 0 Å². The minimum absolute atomic E-state index is 0.0688. The van der Waals surface area contributed by atoms with Crippen LogP contribution >= 0.6 is 0 Å². The minimum Gasteiger partial charge on any atom is -0.487 e. The van der Waals surface area contributed by atoms with Gasteiger partial charge in [-0.2, -0.15) is 0 Å². The molecule has 0 radical (unpaired) electrons. The fourth-order valence-corrected chi connectivity index (χ4v) is 5.12. The molecule has 1 spiro atoms. The van der Waals surface area contributed by atoms with Crippen molar-refractivity contribution in [2.45, 2.75) is 45.6 Å². The zero-order valence-electron chi connectivity index (χ0n) is 22.3. The summed E-state index contributed by atoms with van der Waals surface area (Å²) in [6.45, 7) is 9.64. The first kappa shape index (κ1) is 26.3. The number of morpholine rings is 1. The van der Waals surface area contributed by atoms with Crippen molar-refractivity contribution in [1.82, 2.24) is 9.80 Å². The summed E-state index contributed by atoms with van der Waals surface area (Å²) in [7, 11) is 0. The molecule has 2 aromatic rings. The minimum atomic E-state index is -0.483. The summed E-state index contributed by atoms with van der Waals surface area (Å²) in [6.07, 6.45) is 1.94. The van der Waals surface area contributed by atoms with E-state index in [2.05, 4.69) is 11.4 Å². The van der Waals surface area contributed by atoms with Gasteiger partial charge in [0, 0.05) is 45.4 Å². The molecule has 2 saturated heterocycles. The average molecular weight is 526 g/mol. The number of benzene rings is 2. The summed E-state index contributed by atoms with van der Waals surface area (Å²) in [5.74, 6) is 0.357. The number of ether oxygens (including phenoxy) is 3. The van der Waals surface area contributed by atoms with Crippen LogP contribution in [0.15, 0.2) is 36.4 Å². The van der Waals surface area contributed by atoms with Crippen LogP contribution in [0.2, 0.25) is 0 Å². The van der Waals surface area contributed by atoms with Crippen LogP contribution in [-0.4, -0.2) is 73.5 Å². The molecule has 0 atom stereocenters. The number of amides is 3. The van der Waals surface area contributed by atoms with Crippen LogP contribution < -0.4 is 10.1 Å². The highest BCUT2D eigenvalue weighted by molar-refractivity contribution is 5.90.